The lowest BCUT2D eigenvalue weighted by atomic mass is 10.3. The molecule has 4 rings (SSSR count). The third-order valence-electron chi connectivity index (χ3n) is 4.56. The fraction of sp³-hybridized carbons (Fsp3) is 0.0909. The number of carbonyl (C=O) groups excluding carboxylic acids is 2. The molecule has 0 spiro atoms. The molecule has 0 aromatic heterocycles. The van der Waals surface area contributed by atoms with Gasteiger partial charge in [-0.1, -0.05) is 36.4 Å². The molecular formula is C22H18N2O4S2. The van der Waals surface area contributed by atoms with Crippen molar-refractivity contribution in [3.05, 3.63) is 84.9 Å². The molecule has 1 heterocycles. The lowest BCUT2D eigenvalue weighted by Gasteiger charge is -2.14. The zero-order chi connectivity index (χ0) is 21.1. The zero-order valence-electron chi connectivity index (χ0n) is 15.8. The summed E-state index contributed by atoms with van der Waals surface area (Å²) in [6.45, 7) is 0. The largest absolute Gasteiger partial charge is 0.280 e. The first-order valence-corrected chi connectivity index (χ1v) is 11.6. The summed E-state index contributed by atoms with van der Waals surface area (Å²) in [6.07, 6.45) is 0.126. The molecular weight excluding hydrogens is 420 g/mol. The normalized spacial score (nSPS) is 16.7. The minimum atomic E-state index is -3.66. The summed E-state index contributed by atoms with van der Waals surface area (Å²) in [6, 6.07) is 23.7. The van der Waals surface area contributed by atoms with E-state index in [0.29, 0.717) is 11.4 Å². The van der Waals surface area contributed by atoms with Crippen LogP contribution in [0.2, 0.25) is 0 Å². The average molecular weight is 439 g/mol. The van der Waals surface area contributed by atoms with Gasteiger partial charge in [-0.2, -0.15) is 0 Å². The van der Waals surface area contributed by atoms with Crippen LogP contribution in [-0.2, 0) is 19.6 Å². The number of carbonyl (C=O) groups is 2. The maximum absolute atomic E-state index is 12.7. The van der Waals surface area contributed by atoms with Crippen molar-refractivity contribution in [3.8, 4) is 0 Å². The fourth-order valence-electron chi connectivity index (χ4n) is 3.12. The van der Waals surface area contributed by atoms with Gasteiger partial charge < -0.3 is 0 Å². The molecule has 1 aliphatic heterocycles. The van der Waals surface area contributed by atoms with Crippen molar-refractivity contribution < 1.29 is 18.0 Å². The van der Waals surface area contributed by atoms with Gasteiger partial charge in [-0.3, -0.25) is 14.3 Å². The van der Waals surface area contributed by atoms with Crippen molar-refractivity contribution in [1.29, 1.82) is 0 Å². The number of hydrogen-bond donors (Lipinski definition) is 1. The number of sulfonamides is 1. The van der Waals surface area contributed by atoms with E-state index in [1.54, 1.807) is 66.7 Å². The van der Waals surface area contributed by atoms with Gasteiger partial charge in [0.05, 0.1) is 15.8 Å². The molecule has 0 aliphatic carbocycles. The molecule has 1 fully saturated rings. The van der Waals surface area contributed by atoms with Crippen molar-refractivity contribution in [2.75, 3.05) is 9.62 Å². The number of benzene rings is 3. The molecule has 1 saturated heterocycles. The van der Waals surface area contributed by atoms with E-state index >= 15 is 0 Å². The number of nitrogens with one attached hydrogen (secondary N) is 1. The number of imide groups is 1. The van der Waals surface area contributed by atoms with E-state index < -0.39 is 15.3 Å². The van der Waals surface area contributed by atoms with E-state index in [2.05, 4.69) is 4.72 Å². The summed E-state index contributed by atoms with van der Waals surface area (Å²) >= 11 is 1.30. The molecule has 6 nitrogen and oxygen atoms in total. The summed E-state index contributed by atoms with van der Waals surface area (Å²) in [7, 11) is -3.66. The number of thioether (sulfide) groups is 1. The second kappa shape index (κ2) is 8.33. The highest BCUT2D eigenvalue weighted by molar-refractivity contribution is 8.00. The molecule has 1 N–H and O–H groups in total. The third kappa shape index (κ3) is 4.24. The number of nitrogens with zero attached hydrogens (tertiary/aromatic N) is 1. The number of hydrogen-bond acceptors (Lipinski definition) is 5. The molecule has 152 valence electrons. The van der Waals surface area contributed by atoms with Crippen molar-refractivity contribution >= 4 is 45.0 Å². The van der Waals surface area contributed by atoms with Gasteiger partial charge in [0.15, 0.2) is 0 Å². The maximum atomic E-state index is 12.7. The zero-order valence-corrected chi connectivity index (χ0v) is 17.4. The van der Waals surface area contributed by atoms with Gasteiger partial charge >= 0.3 is 0 Å². The lowest BCUT2D eigenvalue weighted by molar-refractivity contribution is -0.121. The Morgan fingerprint density at radius 2 is 1.43 bits per heavy atom. The quantitative estimate of drug-likeness (QED) is 0.590. The molecule has 0 radical (unpaired) electrons. The first-order valence-electron chi connectivity index (χ1n) is 9.20. The highest BCUT2D eigenvalue weighted by Gasteiger charge is 2.40. The minimum absolute atomic E-state index is 0.126. The second-order valence-corrected chi connectivity index (χ2v) is 9.62. The van der Waals surface area contributed by atoms with Gasteiger partial charge in [0.1, 0.15) is 0 Å². The van der Waals surface area contributed by atoms with Crippen molar-refractivity contribution in [2.24, 2.45) is 0 Å². The molecule has 1 atom stereocenters. The van der Waals surface area contributed by atoms with Crippen molar-refractivity contribution in [3.63, 3.8) is 0 Å². The maximum Gasteiger partial charge on any atom is 0.261 e. The van der Waals surface area contributed by atoms with Crippen LogP contribution in [0.15, 0.2) is 94.7 Å². The molecule has 30 heavy (non-hydrogen) atoms. The molecule has 8 heteroatoms. The summed E-state index contributed by atoms with van der Waals surface area (Å²) < 4.78 is 27.4. The van der Waals surface area contributed by atoms with Crippen LogP contribution >= 0.6 is 11.8 Å². The van der Waals surface area contributed by atoms with Crippen LogP contribution in [0.3, 0.4) is 0 Å². The topological polar surface area (TPSA) is 83.5 Å². The Bertz CT molecular complexity index is 1160. The van der Waals surface area contributed by atoms with Gasteiger partial charge in [0, 0.05) is 17.0 Å². The van der Waals surface area contributed by atoms with Crippen LogP contribution in [0.5, 0.6) is 0 Å². The van der Waals surface area contributed by atoms with Crippen LogP contribution in [0.4, 0.5) is 11.4 Å². The second-order valence-electron chi connectivity index (χ2n) is 6.66. The Balaban J connectivity index is 1.44. The molecule has 0 unspecified atom stereocenters. The minimum Gasteiger partial charge on any atom is -0.280 e. The molecule has 0 saturated carbocycles. The van der Waals surface area contributed by atoms with E-state index in [9.17, 15) is 18.0 Å². The Morgan fingerprint density at radius 3 is 2.07 bits per heavy atom. The smallest absolute Gasteiger partial charge is 0.261 e. The van der Waals surface area contributed by atoms with Gasteiger partial charge in [-0.15, -0.1) is 11.8 Å². The summed E-state index contributed by atoms with van der Waals surface area (Å²) in [5.74, 6) is -0.471. The van der Waals surface area contributed by atoms with Crippen LogP contribution in [0, 0.1) is 0 Å². The van der Waals surface area contributed by atoms with E-state index in [-0.39, 0.29) is 23.1 Å². The fourth-order valence-corrected chi connectivity index (χ4v) is 5.26. The Kier molecular flexibility index (Phi) is 5.61. The summed E-state index contributed by atoms with van der Waals surface area (Å²) in [5, 5.41) is -0.510. The standard InChI is InChI=1S/C22H18N2O4S2/c25-21-15-20(22(26)24(21)17-7-3-1-4-8-17)29-18-13-11-16(12-14-18)23-30(27,28)19-9-5-2-6-10-19/h1-14,20,23H,15H2/t20-/m1/s1. The molecule has 1 aliphatic rings. The highest BCUT2D eigenvalue weighted by atomic mass is 32.2. The van der Waals surface area contributed by atoms with Gasteiger partial charge in [-0.25, -0.2) is 13.3 Å². The van der Waals surface area contributed by atoms with E-state index in [0.717, 1.165) is 4.90 Å². The predicted molar refractivity (Wildman–Crippen MR) is 117 cm³/mol. The van der Waals surface area contributed by atoms with Gasteiger partial charge in [-0.05, 0) is 48.5 Å². The van der Waals surface area contributed by atoms with Gasteiger partial charge in [0.2, 0.25) is 11.8 Å². The van der Waals surface area contributed by atoms with Crippen LogP contribution in [0.1, 0.15) is 6.42 Å². The number of amides is 2. The summed E-state index contributed by atoms with van der Waals surface area (Å²) in [4.78, 5) is 27.3. The van der Waals surface area contributed by atoms with Crippen LogP contribution in [-0.4, -0.2) is 25.5 Å². The first-order chi connectivity index (χ1) is 14.4. The Morgan fingerprint density at radius 1 is 0.833 bits per heavy atom. The number of anilines is 2. The molecule has 3 aromatic carbocycles. The summed E-state index contributed by atoms with van der Waals surface area (Å²) in [5.41, 5.74) is 0.990. The highest BCUT2D eigenvalue weighted by Crippen LogP contribution is 2.34. The van der Waals surface area contributed by atoms with E-state index in [4.69, 9.17) is 0 Å². The Hall–Kier alpha value is -3.10. The van der Waals surface area contributed by atoms with Crippen LogP contribution < -0.4 is 9.62 Å². The van der Waals surface area contributed by atoms with Crippen LogP contribution in [0.25, 0.3) is 0 Å². The third-order valence-corrected chi connectivity index (χ3v) is 7.15. The van der Waals surface area contributed by atoms with Crippen molar-refractivity contribution in [1.82, 2.24) is 0 Å². The average Bonchev–Trinajstić information content (AvgIpc) is 3.03. The number of rotatable bonds is 6. The van der Waals surface area contributed by atoms with Gasteiger partial charge in [0.25, 0.3) is 10.0 Å². The van der Waals surface area contributed by atoms with Crippen molar-refractivity contribution in [2.45, 2.75) is 21.5 Å². The Labute approximate surface area is 179 Å². The molecule has 0 bridgehead atoms. The SMILES string of the molecule is O=C1C[C@@H](Sc2ccc(NS(=O)(=O)c3ccccc3)cc2)C(=O)N1c1ccccc1. The molecule has 3 aromatic rings. The lowest BCUT2D eigenvalue weighted by Crippen LogP contribution is -2.30. The first kappa shape index (κ1) is 20.2. The van der Waals surface area contributed by atoms with E-state index in [1.165, 1.54) is 28.8 Å². The monoisotopic (exact) mass is 438 g/mol. The number of para-hydroxylation sites is 1. The molecule has 2 amide bonds. The van der Waals surface area contributed by atoms with E-state index in [1.807, 2.05) is 6.07 Å². The predicted octanol–water partition coefficient (Wildman–Crippen LogP) is 3.91.